The molecule has 2 rings (SSSR count). The number of rotatable bonds is 2. The number of anilines is 1. The van der Waals surface area contributed by atoms with Crippen LogP contribution in [0.2, 0.25) is 0 Å². The van der Waals surface area contributed by atoms with Crippen LogP contribution in [0.3, 0.4) is 0 Å². The number of nitrogen functional groups attached to an aromatic ring is 1. The van der Waals surface area contributed by atoms with E-state index in [-0.39, 0.29) is 0 Å². The van der Waals surface area contributed by atoms with E-state index in [1.54, 1.807) is 0 Å². The highest BCUT2D eigenvalue weighted by atomic mass is 15.0. The first kappa shape index (κ1) is 9.44. The number of hydrogen-bond donors (Lipinski definition) is 1. The highest BCUT2D eigenvalue weighted by molar-refractivity contribution is 5.27. The van der Waals surface area contributed by atoms with Gasteiger partial charge in [0.1, 0.15) is 0 Å². The number of fused-ring (bicyclic) bond motifs is 1. The zero-order valence-corrected chi connectivity index (χ0v) is 8.66. The first-order valence-corrected chi connectivity index (χ1v) is 5.40. The van der Waals surface area contributed by atoms with Gasteiger partial charge in [-0.2, -0.15) is 0 Å². The third-order valence-corrected chi connectivity index (χ3v) is 2.97. The summed E-state index contributed by atoms with van der Waals surface area (Å²) >= 11 is 0. The number of aryl methyl sites for hydroxylation is 1. The molecule has 1 unspecified atom stereocenters. The van der Waals surface area contributed by atoms with Crippen LogP contribution in [0.5, 0.6) is 0 Å². The quantitative estimate of drug-likeness (QED) is 0.777. The fourth-order valence-corrected chi connectivity index (χ4v) is 2.25. The minimum Gasteiger partial charge on any atom is -0.368 e. The molecule has 2 N–H and O–H groups in total. The first-order valence-electron chi connectivity index (χ1n) is 5.40. The molecule has 3 heteroatoms. The molecule has 1 atom stereocenters. The molecular weight excluding hydrogens is 174 g/mol. The van der Waals surface area contributed by atoms with E-state index in [1.165, 1.54) is 30.5 Å². The van der Waals surface area contributed by atoms with Crippen molar-refractivity contribution in [2.75, 3.05) is 5.73 Å². The Hall–Kier alpha value is -1.12. The van der Waals surface area contributed by atoms with Crippen molar-refractivity contribution in [2.24, 2.45) is 5.92 Å². The second-order valence-corrected chi connectivity index (χ2v) is 4.10. The fraction of sp³-hybridized carbons (Fsp3) is 0.636. The van der Waals surface area contributed by atoms with Crippen LogP contribution in [-0.2, 0) is 12.8 Å². The van der Waals surface area contributed by atoms with Crippen molar-refractivity contribution in [2.45, 2.75) is 39.0 Å². The molecule has 76 valence electrons. The molecule has 14 heavy (non-hydrogen) atoms. The Kier molecular flexibility index (Phi) is 2.66. The summed E-state index contributed by atoms with van der Waals surface area (Å²) in [7, 11) is 0. The normalized spacial score (nSPS) is 20.5. The Labute approximate surface area is 84.8 Å². The van der Waals surface area contributed by atoms with Gasteiger partial charge in [0.2, 0.25) is 5.95 Å². The van der Waals surface area contributed by atoms with E-state index in [4.69, 9.17) is 5.73 Å². The maximum Gasteiger partial charge on any atom is 0.220 e. The molecule has 0 spiro atoms. The molecule has 0 radical (unpaired) electrons. The molecule has 0 saturated heterocycles. The Bertz CT molecular complexity index is 322. The first-order chi connectivity index (χ1) is 6.79. The second-order valence-electron chi connectivity index (χ2n) is 4.10. The Balaban J connectivity index is 2.15. The zero-order chi connectivity index (χ0) is 9.97. The fourth-order valence-electron chi connectivity index (χ4n) is 2.25. The summed E-state index contributed by atoms with van der Waals surface area (Å²) in [5.41, 5.74) is 8.03. The van der Waals surface area contributed by atoms with E-state index in [0.29, 0.717) is 5.95 Å². The van der Waals surface area contributed by atoms with Gasteiger partial charge < -0.3 is 5.73 Å². The molecule has 0 fully saturated rings. The highest BCUT2D eigenvalue weighted by Crippen LogP contribution is 2.26. The summed E-state index contributed by atoms with van der Waals surface area (Å²) in [5, 5.41) is 0. The van der Waals surface area contributed by atoms with E-state index in [9.17, 15) is 0 Å². The molecule has 0 amide bonds. The van der Waals surface area contributed by atoms with Crippen molar-refractivity contribution < 1.29 is 0 Å². The van der Waals surface area contributed by atoms with E-state index < -0.39 is 0 Å². The molecule has 1 aromatic heterocycles. The van der Waals surface area contributed by atoms with Crippen LogP contribution in [0, 0.1) is 5.92 Å². The van der Waals surface area contributed by atoms with Gasteiger partial charge in [-0.3, -0.25) is 0 Å². The molecule has 1 heterocycles. The Morgan fingerprint density at radius 1 is 1.57 bits per heavy atom. The highest BCUT2D eigenvalue weighted by Gasteiger charge is 2.19. The van der Waals surface area contributed by atoms with Crippen LogP contribution in [0.1, 0.15) is 37.4 Å². The lowest BCUT2D eigenvalue weighted by Crippen LogP contribution is -2.16. The zero-order valence-electron chi connectivity index (χ0n) is 8.66. The van der Waals surface area contributed by atoms with Crippen molar-refractivity contribution >= 4 is 5.95 Å². The van der Waals surface area contributed by atoms with E-state index in [0.717, 1.165) is 18.8 Å². The van der Waals surface area contributed by atoms with Crippen molar-refractivity contribution in [1.29, 1.82) is 0 Å². The average molecular weight is 191 g/mol. The second kappa shape index (κ2) is 3.95. The molecule has 1 aromatic rings. The molecule has 3 nitrogen and oxygen atoms in total. The SMILES string of the molecule is CCCC1CCc2nc(N)ncc2C1. The van der Waals surface area contributed by atoms with Crippen LogP contribution in [-0.4, -0.2) is 9.97 Å². The Morgan fingerprint density at radius 2 is 2.43 bits per heavy atom. The van der Waals surface area contributed by atoms with Gasteiger partial charge in [-0.15, -0.1) is 0 Å². The van der Waals surface area contributed by atoms with Crippen molar-refractivity contribution in [1.82, 2.24) is 9.97 Å². The summed E-state index contributed by atoms with van der Waals surface area (Å²) in [6, 6.07) is 0. The molecule has 0 aromatic carbocycles. The summed E-state index contributed by atoms with van der Waals surface area (Å²) in [6.07, 6.45) is 7.98. The molecule has 1 aliphatic carbocycles. The summed E-state index contributed by atoms with van der Waals surface area (Å²) in [6.45, 7) is 2.25. The van der Waals surface area contributed by atoms with Gasteiger partial charge in [0.25, 0.3) is 0 Å². The van der Waals surface area contributed by atoms with Gasteiger partial charge in [-0.1, -0.05) is 19.8 Å². The average Bonchev–Trinajstić information content (AvgIpc) is 2.19. The van der Waals surface area contributed by atoms with Crippen LogP contribution >= 0.6 is 0 Å². The van der Waals surface area contributed by atoms with Crippen molar-refractivity contribution in [3.8, 4) is 0 Å². The van der Waals surface area contributed by atoms with Crippen LogP contribution in [0.25, 0.3) is 0 Å². The van der Waals surface area contributed by atoms with Crippen LogP contribution in [0.15, 0.2) is 6.20 Å². The topological polar surface area (TPSA) is 51.8 Å². The minimum absolute atomic E-state index is 0.415. The van der Waals surface area contributed by atoms with Crippen LogP contribution < -0.4 is 5.73 Å². The number of nitrogens with zero attached hydrogens (tertiary/aromatic N) is 2. The molecule has 0 bridgehead atoms. The summed E-state index contributed by atoms with van der Waals surface area (Å²) in [4.78, 5) is 8.33. The van der Waals surface area contributed by atoms with E-state index in [1.807, 2.05) is 6.20 Å². The maximum atomic E-state index is 5.55. The Morgan fingerprint density at radius 3 is 3.21 bits per heavy atom. The molecule has 0 aliphatic heterocycles. The maximum absolute atomic E-state index is 5.55. The summed E-state index contributed by atoms with van der Waals surface area (Å²) in [5.74, 6) is 1.25. The minimum atomic E-state index is 0.415. The molecule has 0 saturated carbocycles. The number of nitrogens with two attached hydrogens (primary N) is 1. The lowest BCUT2D eigenvalue weighted by molar-refractivity contribution is 0.417. The van der Waals surface area contributed by atoms with Crippen molar-refractivity contribution in [3.63, 3.8) is 0 Å². The predicted octanol–water partition coefficient (Wildman–Crippen LogP) is 1.96. The van der Waals surface area contributed by atoms with Gasteiger partial charge >= 0.3 is 0 Å². The monoisotopic (exact) mass is 191 g/mol. The number of aromatic nitrogens is 2. The predicted molar refractivity (Wildman–Crippen MR) is 56.9 cm³/mol. The lowest BCUT2D eigenvalue weighted by Gasteiger charge is -2.22. The van der Waals surface area contributed by atoms with Gasteiger partial charge in [-0.25, -0.2) is 9.97 Å². The van der Waals surface area contributed by atoms with Gasteiger partial charge in [-0.05, 0) is 30.7 Å². The van der Waals surface area contributed by atoms with Gasteiger partial charge in [0, 0.05) is 11.9 Å². The largest absolute Gasteiger partial charge is 0.368 e. The van der Waals surface area contributed by atoms with Gasteiger partial charge in [0.15, 0.2) is 0 Å². The van der Waals surface area contributed by atoms with Crippen molar-refractivity contribution in [3.05, 3.63) is 17.5 Å². The number of hydrogen-bond acceptors (Lipinski definition) is 3. The van der Waals surface area contributed by atoms with Gasteiger partial charge in [0.05, 0.1) is 0 Å². The van der Waals surface area contributed by atoms with Crippen LogP contribution in [0.4, 0.5) is 5.95 Å². The third kappa shape index (κ3) is 1.86. The molecule has 1 aliphatic rings. The summed E-state index contributed by atoms with van der Waals surface area (Å²) < 4.78 is 0. The molecular formula is C11H17N3. The lowest BCUT2D eigenvalue weighted by atomic mass is 9.85. The van der Waals surface area contributed by atoms with E-state index >= 15 is 0 Å². The smallest absolute Gasteiger partial charge is 0.220 e. The van der Waals surface area contributed by atoms with E-state index in [2.05, 4.69) is 16.9 Å². The third-order valence-electron chi connectivity index (χ3n) is 2.97. The standard InChI is InChI=1S/C11H17N3/c1-2-3-8-4-5-10-9(6-8)7-13-11(12)14-10/h7-8H,2-6H2,1H3,(H2,12,13,14).